The molecular formula is C16H26N2O3. The number of rotatable bonds is 6. The van der Waals surface area contributed by atoms with E-state index in [9.17, 15) is 0 Å². The minimum atomic E-state index is 0.109. The van der Waals surface area contributed by atoms with Gasteiger partial charge in [-0.25, -0.2) is 0 Å². The minimum absolute atomic E-state index is 0.109. The molecule has 1 aliphatic heterocycles. The third-order valence-electron chi connectivity index (χ3n) is 4.28. The molecule has 1 heterocycles. The zero-order valence-corrected chi connectivity index (χ0v) is 13.2. The van der Waals surface area contributed by atoms with Crippen LogP contribution < -0.4 is 15.2 Å². The van der Waals surface area contributed by atoms with Crippen molar-refractivity contribution in [3.05, 3.63) is 23.8 Å². The van der Waals surface area contributed by atoms with Gasteiger partial charge in [0, 0.05) is 31.4 Å². The Morgan fingerprint density at radius 3 is 2.57 bits per heavy atom. The second kappa shape index (κ2) is 7.64. The fraction of sp³-hybridized carbons (Fsp3) is 0.625. The fourth-order valence-electron chi connectivity index (χ4n) is 2.96. The van der Waals surface area contributed by atoms with Crippen LogP contribution in [0.4, 0.5) is 0 Å². The van der Waals surface area contributed by atoms with Crippen molar-refractivity contribution < 1.29 is 14.2 Å². The van der Waals surface area contributed by atoms with E-state index >= 15 is 0 Å². The molecule has 1 unspecified atom stereocenters. The first-order chi connectivity index (χ1) is 10.2. The highest BCUT2D eigenvalue weighted by atomic mass is 16.5. The second-order valence-electron chi connectivity index (χ2n) is 5.37. The maximum absolute atomic E-state index is 6.06. The van der Waals surface area contributed by atoms with E-state index in [-0.39, 0.29) is 6.04 Å². The molecule has 1 fully saturated rings. The third-order valence-corrected chi connectivity index (χ3v) is 4.28. The average molecular weight is 294 g/mol. The Balaban J connectivity index is 2.26. The summed E-state index contributed by atoms with van der Waals surface area (Å²) in [6.45, 7) is 2.18. The Morgan fingerprint density at radius 1 is 1.29 bits per heavy atom. The molecule has 0 spiro atoms. The van der Waals surface area contributed by atoms with Gasteiger partial charge in [0.25, 0.3) is 0 Å². The Labute approximate surface area is 127 Å². The molecule has 21 heavy (non-hydrogen) atoms. The summed E-state index contributed by atoms with van der Waals surface area (Å²) in [5, 5.41) is 0. The summed E-state index contributed by atoms with van der Waals surface area (Å²) >= 11 is 0. The number of methoxy groups -OCH3 is 2. The van der Waals surface area contributed by atoms with Gasteiger partial charge >= 0.3 is 0 Å². The van der Waals surface area contributed by atoms with Gasteiger partial charge in [0.2, 0.25) is 0 Å². The molecule has 1 aliphatic rings. The average Bonchev–Trinajstić information content (AvgIpc) is 2.56. The minimum Gasteiger partial charge on any atom is -0.497 e. The SMILES string of the molecule is COc1ccc(OC)c(C(CN)N(C)C2CCOCC2)c1. The molecule has 118 valence electrons. The standard InChI is InChI=1S/C16H26N2O3/c1-18(12-6-8-21-9-7-12)15(11-17)14-10-13(19-2)4-5-16(14)20-3/h4-5,10,12,15H,6-9,11,17H2,1-3H3. The number of ether oxygens (including phenoxy) is 3. The van der Waals surface area contributed by atoms with Gasteiger partial charge in [-0.15, -0.1) is 0 Å². The summed E-state index contributed by atoms with van der Waals surface area (Å²) in [4.78, 5) is 2.35. The van der Waals surface area contributed by atoms with Crippen molar-refractivity contribution in [1.29, 1.82) is 0 Å². The normalized spacial score (nSPS) is 17.8. The summed E-state index contributed by atoms with van der Waals surface area (Å²) in [6.07, 6.45) is 2.08. The highest BCUT2D eigenvalue weighted by Crippen LogP contribution is 2.33. The van der Waals surface area contributed by atoms with Gasteiger partial charge < -0.3 is 19.9 Å². The van der Waals surface area contributed by atoms with Gasteiger partial charge in [0.15, 0.2) is 0 Å². The molecule has 5 nitrogen and oxygen atoms in total. The van der Waals surface area contributed by atoms with Gasteiger partial charge in [0.05, 0.1) is 20.3 Å². The van der Waals surface area contributed by atoms with Crippen LogP contribution >= 0.6 is 0 Å². The van der Waals surface area contributed by atoms with Crippen molar-refractivity contribution in [3.8, 4) is 11.5 Å². The second-order valence-corrected chi connectivity index (χ2v) is 5.37. The van der Waals surface area contributed by atoms with Gasteiger partial charge in [0.1, 0.15) is 11.5 Å². The summed E-state index contributed by atoms with van der Waals surface area (Å²) in [5.74, 6) is 1.68. The van der Waals surface area contributed by atoms with Crippen molar-refractivity contribution in [2.45, 2.75) is 24.9 Å². The van der Waals surface area contributed by atoms with Crippen molar-refractivity contribution in [3.63, 3.8) is 0 Å². The molecule has 0 saturated carbocycles. The molecule has 2 N–H and O–H groups in total. The van der Waals surface area contributed by atoms with E-state index in [0.717, 1.165) is 43.1 Å². The summed E-state index contributed by atoms with van der Waals surface area (Å²) in [6, 6.07) is 6.46. The number of likely N-dealkylation sites (N-methyl/N-ethyl adjacent to an activating group) is 1. The molecule has 0 radical (unpaired) electrons. The molecular weight excluding hydrogens is 268 g/mol. The number of benzene rings is 1. The maximum atomic E-state index is 6.06. The van der Waals surface area contributed by atoms with Crippen molar-refractivity contribution >= 4 is 0 Å². The van der Waals surface area contributed by atoms with Crippen LogP contribution in [0.15, 0.2) is 18.2 Å². The van der Waals surface area contributed by atoms with E-state index < -0.39 is 0 Å². The van der Waals surface area contributed by atoms with E-state index in [1.807, 2.05) is 18.2 Å². The van der Waals surface area contributed by atoms with Crippen LogP contribution in [0.2, 0.25) is 0 Å². The number of hydrogen-bond donors (Lipinski definition) is 1. The van der Waals surface area contributed by atoms with Crippen molar-refractivity contribution in [2.24, 2.45) is 5.73 Å². The topological polar surface area (TPSA) is 57.0 Å². The van der Waals surface area contributed by atoms with Crippen LogP contribution in [0, 0.1) is 0 Å². The van der Waals surface area contributed by atoms with Crippen LogP contribution in [0.25, 0.3) is 0 Å². The lowest BCUT2D eigenvalue weighted by Gasteiger charge is -2.37. The van der Waals surface area contributed by atoms with Crippen LogP contribution in [-0.4, -0.2) is 52.0 Å². The Bertz CT molecular complexity index is 447. The first-order valence-corrected chi connectivity index (χ1v) is 7.43. The van der Waals surface area contributed by atoms with Gasteiger partial charge in [-0.05, 0) is 38.1 Å². The Morgan fingerprint density at radius 2 is 2.00 bits per heavy atom. The highest BCUT2D eigenvalue weighted by molar-refractivity contribution is 5.42. The molecule has 1 saturated heterocycles. The van der Waals surface area contributed by atoms with Gasteiger partial charge in [-0.1, -0.05) is 0 Å². The molecule has 2 rings (SSSR count). The lowest BCUT2D eigenvalue weighted by Crippen LogP contribution is -2.41. The van der Waals surface area contributed by atoms with Crippen LogP contribution in [-0.2, 0) is 4.74 Å². The molecule has 1 aromatic rings. The Hall–Kier alpha value is -1.30. The van der Waals surface area contributed by atoms with E-state index in [0.29, 0.717) is 12.6 Å². The summed E-state index contributed by atoms with van der Waals surface area (Å²) in [7, 11) is 5.49. The third kappa shape index (κ3) is 3.67. The van der Waals surface area contributed by atoms with Crippen molar-refractivity contribution in [2.75, 3.05) is 41.0 Å². The molecule has 1 aromatic carbocycles. The predicted octanol–water partition coefficient (Wildman–Crippen LogP) is 1.81. The molecule has 0 amide bonds. The predicted molar refractivity (Wildman–Crippen MR) is 82.9 cm³/mol. The van der Waals surface area contributed by atoms with E-state index in [2.05, 4.69) is 11.9 Å². The fourth-order valence-corrected chi connectivity index (χ4v) is 2.96. The summed E-state index contributed by atoms with van der Waals surface area (Å²) < 4.78 is 16.3. The van der Waals surface area contributed by atoms with E-state index in [1.54, 1.807) is 14.2 Å². The van der Waals surface area contributed by atoms with Gasteiger partial charge in [-0.2, -0.15) is 0 Å². The summed E-state index contributed by atoms with van der Waals surface area (Å²) in [5.41, 5.74) is 7.14. The molecule has 0 bridgehead atoms. The number of hydrogen-bond acceptors (Lipinski definition) is 5. The molecule has 5 heteroatoms. The maximum Gasteiger partial charge on any atom is 0.123 e. The lowest BCUT2D eigenvalue weighted by atomic mass is 9.99. The zero-order chi connectivity index (χ0) is 15.2. The van der Waals surface area contributed by atoms with Crippen LogP contribution in [0.5, 0.6) is 11.5 Å². The molecule has 0 aromatic heterocycles. The molecule has 1 atom stereocenters. The van der Waals surface area contributed by atoms with Gasteiger partial charge in [-0.3, -0.25) is 4.90 Å². The quantitative estimate of drug-likeness (QED) is 0.867. The zero-order valence-electron chi connectivity index (χ0n) is 13.2. The first kappa shape index (κ1) is 16.1. The lowest BCUT2D eigenvalue weighted by molar-refractivity contribution is 0.0290. The molecule has 0 aliphatic carbocycles. The van der Waals surface area contributed by atoms with Crippen LogP contribution in [0.1, 0.15) is 24.4 Å². The van der Waals surface area contributed by atoms with E-state index in [1.165, 1.54) is 0 Å². The largest absolute Gasteiger partial charge is 0.497 e. The number of nitrogens with two attached hydrogens (primary N) is 1. The monoisotopic (exact) mass is 294 g/mol. The van der Waals surface area contributed by atoms with Crippen molar-refractivity contribution in [1.82, 2.24) is 4.90 Å². The first-order valence-electron chi connectivity index (χ1n) is 7.43. The number of nitrogens with zero attached hydrogens (tertiary/aromatic N) is 1. The smallest absolute Gasteiger partial charge is 0.123 e. The Kier molecular flexibility index (Phi) is 5.85. The van der Waals surface area contributed by atoms with Crippen LogP contribution in [0.3, 0.4) is 0 Å². The van der Waals surface area contributed by atoms with E-state index in [4.69, 9.17) is 19.9 Å². The highest BCUT2D eigenvalue weighted by Gasteiger charge is 2.27.